The van der Waals surface area contributed by atoms with Gasteiger partial charge in [-0.1, -0.05) is 6.08 Å². The molecule has 1 unspecified atom stereocenters. The molecule has 1 fully saturated rings. The molecule has 0 saturated carbocycles. The van der Waals surface area contributed by atoms with E-state index in [1.165, 1.54) is 4.90 Å². The lowest BCUT2D eigenvalue weighted by atomic mass is 10.3. The molecule has 19 heavy (non-hydrogen) atoms. The normalized spacial score (nSPS) is 21.5. The van der Waals surface area contributed by atoms with Gasteiger partial charge in [0.15, 0.2) is 5.96 Å². The van der Waals surface area contributed by atoms with E-state index in [0.717, 1.165) is 0 Å². The van der Waals surface area contributed by atoms with E-state index in [4.69, 9.17) is 0 Å². The van der Waals surface area contributed by atoms with Crippen molar-refractivity contribution < 1.29 is 13.2 Å². The Morgan fingerprint density at radius 1 is 1.53 bits per heavy atom. The summed E-state index contributed by atoms with van der Waals surface area (Å²) in [5.74, 6) is 0.626. The van der Waals surface area contributed by atoms with Crippen molar-refractivity contribution in [2.45, 2.75) is 25.6 Å². The number of aliphatic imine (C=N–C) groups is 1. The summed E-state index contributed by atoms with van der Waals surface area (Å²) in [6, 6.07) is 0.00460. The minimum atomic E-state index is -4.13. The van der Waals surface area contributed by atoms with E-state index in [2.05, 4.69) is 22.2 Å². The third-order valence-corrected chi connectivity index (χ3v) is 2.74. The number of guanidine groups is 1. The molecule has 1 saturated heterocycles. The van der Waals surface area contributed by atoms with E-state index in [-0.39, 0.29) is 6.04 Å². The van der Waals surface area contributed by atoms with E-state index in [9.17, 15) is 13.2 Å². The van der Waals surface area contributed by atoms with Crippen molar-refractivity contribution in [3.05, 3.63) is 12.7 Å². The van der Waals surface area contributed by atoms with Gasteiger partial charge in [-0.15, -0.1) is 6.58 Å². The van der Waals surface area contributed by atoms with Crippen LogP contribution in [0.15, 0.2) is 17.6 Å². The average molecular weight is 278 g/mol. The van der Waals surface area contributed by atoms with Crippen LogP contribution in [0.1, 0.15) is 13.3 Å². The predicted molar refractivity (Wildman–Crippen MR) is 70.2 cm³/mol. The highest BCUT2D eigenvalue weighted by Crippen LogP contribution is 2.19. The summed E-state index contributed by atoms with van der Waals surface area (Å²) in [6.07, 6.45) is -1.77. The maximum Gasteiger partial charge on any atom is 0.401 e. The Balaban J connectivity index is 2.43. The molecule has 0 spiro atoms. The van der Waals surface area contributed by atoms with Crippen LogP contribution < -0.4 is 10.6 Å². The molecular weight excluding hydrogens is 257 g/mol. The fraction of sp³-hybridized carbons (Fsp3) is 0.750. The zero-order valence-corrected chi connectivity index (χ0v) is 11.1. The number of likely N-dealkylation sites (tertiary alicyclic amines) is 1. The zero-order chi connectivity index (χ0) is 14.3. The molecule has 1 atom stereocenters. The van der Waals surface area contributed by atoms with Crippen LogP contribution >= 0.6 is 0 Å². The summed E-state index contributed by atoms with van der Waals surface area (Å²) >= 11 is 0. The molecule has 0 aromatic rings. The van der Waals surface area contributed by atoms with E-state index >= 15 is 0 Å². The lowest BCUT2D eigenvalue weighted by Crippen LogP contribution is -2.45. The van der Waals surface area contributed by atoms with Crippen LogP contribution in [0.2, 0.25) is 0 Å². The smallest absolute Gasteiger partial charge is 0.357 e. The molecule has 0 aliphatic carbocycles. The molecule has 1 rings (SSSR count). The number of hydrogen-bond donors (Lipinski definition) is 2. The molecule has 0 amide bonds. The third kappa shape index (κ3) is 6.47. The lowest BCUT2D eigenvalue weighted by Gasteiger charge is -2.19. The molecule has 110 valence electrons. The first-order valence-electron chi connectivity index (χ1n) is 6.39. The maximum absolute atomic E-state index is 12.3. The van der Waals surface area contributed by atoms with E-state index < -0.39 is 12.7 Å². The van der Waals surface area contributed by atoms with Gasteiger partial charge in [0, 0.05) is 25.7 Å². The van der Waals surface area contributed by atoms with E-state index in [0.29, 0.717) is 38.6 Å². The summed E-state index contributed by atoms with van der Waals surface area (Å²) < 4.78 is 36.8. The summed E-state index contributed by atoms with van der Waals surface area (Å²) in [5, 5.41) is 6.21. The first-order chi connectivity index (χ1) is 8.94. The molecule has 0 aromatic carbocycles. The highest BCUT2D eigenvalue weighted by molar-refractivity contribution is 5.80. The van der Waals surface area contributed by atoms with Crippen LogP contribution in [0.4, 0.5) is 13.2 Å². The highest BCUT2D eigenvalue weighted by Gasteiger charge is 2.34. The molecule has 7 heteroatoms. The quantitative estimate of drug-likeness (QED) is 0.453. The summed E-state index contributed by atoms with van der Waals surface area (Å²) in [4.78, 5) is 5.64. The van der Waals surface area contributed by atoms with Gasteiger partial charge < -0.3 is 10.6 Å². The molecule has 0 aromatic heterocycles. The predicted octanol–water partition coefficient (Wildman–Crippen LogP) is 1.36. The molecule has 1 heterocycles. The van der Waals surface area contributed by atoms with Crippen molar-refractivity contribution in [2.24, 2.45) is 4.99 Å². The third-order valence-electron chi connectivity index (χ3n) is 2.74. The Hall–Kier alpha value is -1.24. The SMILES string of the molecule is C=CCN=C(NCC)NC1CCN(CC(F)(F)F)C1. The second-order valence-corrected chi connectivity index (χ2v) is 4.49. The molecule has 0 radical (unpaired) electrons. The summed E-state index contributed by atoms with van der Waals surface area (Å²) in [7, 11) is 0. The Morgan fingerprint density at radius 3 is 2.84 bits per heavy atom. The van der Waals surface area contributed by atoms with Crippen molar-refractivity contribution in [2.75, 3.05) is 32.7 Å². The molecule has 1 aliphatic heterocycles. The van der Waals surface area contributed by atoms with Crippen LogP contribution in [-0.4, -0.2) is 55.8 Å². The Bertz CT molecular complexity index is 315. The van der Waals surface area contributed by atoms with Gasteiger partial charge in [-0.25, -0.2) is 4.99 Å². The fourth-order valence-electron chi connectivity index (χ4n) is 2.02. The molecule has 2 N–H and O–H groups in total. The van der Waals surface area contributed by atoms with Gasteiger partial charge in [0.1, 0.15) is 0 Å². The zero-order valence-electron chi connectivity index (χ0n) is 11.1. The van der Waals surface area contributed by atoms with Gasteiger partial charge >= 0.3 is 6.18 Å². The number of nitrogens with one attached hydrogen (secondary N) is 2. The van der Waals surface area contributed by atoms with E-state index in [1.54, 1.807) is 6.08 Å². The van der Waals surface area contributed by atoms with Crippen LogP contribution in [0.3, 0.4) is 0 Å². The first kappa shape index (κ1) is 15.8. The number of nitrogens with zero attached hydrogens (tertiary/aromatic N) is 2. The molecule has 1 aliphatic rings. The Labute approximate surface area is 111 Å². The van der Waals surface area contributed by atoms with Gasteiger partial charge in [-0.05, 0) is 13.3 Å². The van der Waals surface area contributed by atoms with Crippen LogP contribution in [-0.2, 0) is 0 Å². The fourth-order valence-corrected chi connectivity index (χ4v) is 2.02. The minimum Gasteiger partial charge on any atom is -0.357 e. The standard InChI is InChI=1S/C12H21F3N4/c1-3-6-17-11(16-4-2)18-10-5-7-19(8-10)9-12(13,14)15/h3,10H,1,4-9H2,2H3,(H2,16,17,18). The van der Waals surface area contributed by atoms with Gasteiger partial charge in [-0.3, -0.25) is 4.90 Å². The van der Waals surface area contributed by atoms with Crippen molar-refractivity contribution >= 4 is 5.96 Å². The number of halogens is 3. The van der Waals surface area contributed by atoms with Crippen LogP contribution in [0.25, 0.3) is 0 Å². The maximum atomic E-state index is 12.3. The second kappa shape index (κ2) is 7.37. The molecule has 4 nitrogen and oxygen atoms in total. The van der Waals surface area contributed by atoms with Crippen molar-refractivity contribution in [1.82, 2.24) is 15.5 Å². The van der Waals surface area contributed by atoms with Gasteiger partial charge in [0.05, 0.1) is 13.1 Å². The topological polar surface area (TPSA) is 39.7 Å². The number of alkyl halides is 3. The summed E-state index contributed by atoms with van der Waals surface area (Å²) in [5.41, 5.74) is 0. The first-order valence-corrected chi connectivity index (χ1v) is 6.39. The van der Waals surface area contributed by atoms with Gasteiger partial charge in [0.25, 0.3) is 0 Å². The average Bonchev–Trinajstić information content (AvgIpc) is 2.71. The Morgan fingerprint density at radius 2 is 2.26 bits per heavy atom. The van der Waals surface area contributed by atoms with Gasteiger partial charge in [-0.2, -0.15) is 13.2 Å². The second-order valence-electron chi connectivity index (χ2n) is 4.49. The lowest BCUT2D eigenvalue weighted by molar-refractivity contribution is -0.143. The van der Waals surface area contributed by atoms with Gasteiger partial charge in [0.2, 0.25) is 0 Å². The van der Waals surface area contributed by atoms with Crippen LogP contribution in [0, 0.1) is 0 Å². The molecule has 0 bridgehead atoms. The molecular formula is C12H21F3N4. The van der Waals surface area contributed by atoms with Crippen molar-refractivity contribution in [3.8, 4) is 0 Å². The van der Waals surface area contributed by atoms with Crippen molar-refractivity contribution in [3.63, 3.8) is 0 Å². The number of hydrogen-bond acceptors (Lipinski definition) is 2. The van der Waals surface area contributed by atoms with Crippen molar-refractivity contribution in [1.29, 1.82) is 0 Å². The number of rotatable bonds is 5. The van der Waals surface area contributed by atoms with Crippen LogP contribution in [0.5, 0.6) is 0 Å². The largest absolute Gasteiger partial charge is 0.401 e. The highest BCUT2D eigenvalue weighted by atomic mass is 19.4. The Kier molecular flexibility index (Phi) is 6.14. The van der Waals surface area contributed by atoms with E-state index in [1.807, 2.05) is 6.92 Å². The monoisotopic (exact) mass is 278 g/mol. The summed E-state index contributed by atoms with van der Waals surface area (Å²) in [6.45, 7) is 6.71. The minimum absolute atomic E-state index is 0.00460.